The summed E-state index contributed by atoms with van der Waals surface area (Å²) in [7, 11) is 2.09. The minimum atomic E-state index is -0.899. The Morgan fingerprint density at radius 1 is 1.22 bits per heavy atom. The first kappa shape index (κ1) is 26.2. The first-order chi connectivity index (χ1) is 17.1. The van der Waals surface area contributed by atoms with Crippen molar-refractivity contribution in [2.75, 3.05) is 38.1 Å². The van der Waals surface area contributed by atoms with Crippen LogP contribution in [0.4, 0.5) is 14.9 Å². The van der Waals surface area contributed by atoms with Gasteiger partial charge in [0.2, 0.25) is 5.91 Å². The van der Waals surface area contributed by atoms with Crippen LogP contribution in [0, 0.1) is 23.1 Å². The first-order valence-corrected chi connectivity index (χ1v) is 13.0. The quantitative estimate of drug-likeness (QED) is 0.669. The van der Waals surface area contributed by atoms with Gasteiger partial charge in [-0.05, 0) is 83.7 Å². The Labute approximate surface area is 213 Å². The van der Waals surface area contributed by atoms with Gasteiger partial charge in [-0.3, -0.25) is 9.69 Å². The molecule has 1 N–H and O–H groups in total. The van der Waals surface area contributed by atoms with E-state index in [9.17, 15) is 14.9 Å². The van der Waals surface area contributed by atoms with E-state index in [0.717, 1.165) is 57.5 Å². The summed E-state index contributed by atoms with van der Waals surface area (Å²) >= 11 is 0. The molecule has 2 aliphatic heterocycles. The molecule has 0 spiro atoms. The summed E-state index contributed by atoms with van der Waals surface area (Å²) in [5, 5.41) is 12.5. The number of benzene rings is 1. The fraction of sp³-hybridized carbons (Fsp3) is 0.667. The number of nitrogens with one attached hydrogen (secondary N) is 1. The lowest BCUT2D eigenvalue weighted by molar-refractivity contribution is -0.128. The largest absolute Gasteiger partial charge is 0.444 e. The molecule has 2 heterocycles. The van der Waals surface area contributed by atoms with Crippen molar-refractivity contribution >= 4 is 17.7 Å². The zero-order valence-electron chi connectivity index (χ0n) is 21.8. The van der Waals surface area contributed by atoms with E-state index in [-0.39, 0.29) is 30.1 Å². The number of rotatable bonds is 5. The number of hydrogen-bond acceptors (Lipinski definition) is 6. The van der Waals surface area contributed by atoms with Crippen molar-refractivity contribution in [2.45, 2.75) is 76.6 Å². The lowest BCUT2D eigenvalue weighted by atomic mass is 9.97. The molecule has 1 aliphatic carbocycles. The molecule has 1 saturated carbocycles. The molecule has 1 aromatic carbocycles. The van der Waals surface area contributed by atoms with Gasteiger partial charge in [-0.25, -0.2) is 9.18 Å². The summed E-state index contributed by atoms with van der Waals surface area (Å²) in [6, 6.07) is 5.64. The Morgan fingerprint density at radius 2 is 2.00 bits per heavy atom. The number of halogens is 1. The fourth-order valence-corrected chi connectivity index (χ4v) is 5.71. The van der Waals surface area contributed by atoms with Crippen molar-refractivity contribution in [3.05, 3.63) is 29.6 Å². The van der Waals surface area contributed by atoms with Crippen molar-refractivity contribution in [3.8, 4) is 6.07 Å². The second kappa shape index (κ2) is 10.6. The lowest BCUT2D eigenvalue weighted by Gasteiger charge is -2.35. The molecule has 9 heteroatoms. The molecule has 4 unspecified atom stereocenters. The van der Waals surface area contributed by atoms with Gasteiger partial charge < -0.3 is 19.9 Å². The summed E-state index contributed by atoms with van der Waals surface area (Å²) in [4.78, 5) is 32.1. The lowest BCUT2D eigenvalue weighted by Crippen LogP contribution is -2.55. The number of likely N-dealkylation sites (tertiary alicyclic amines) is 1. The molecule has 4 rings (SSSR count). The minimum absolute atomic E-state index is 0.0232. The topological polar surface area (TPSA) is 88.9 Å². The van der Waals surface area contributed by atoms with E-state index in [1.165, 1.54) is 6.07 Å². The van der Waals surface area contributed by atoms with Crippen LogP contribution >= 0.6 is 0 Å². The van der Waals surface area contributed by atoms with E-state index in [2.05, 4.69) is 28.2 Å². The SMILES string of the molecule is CN1CCCN(c2ccc(CC(C#N)NC(=O)C3C4CCC(C4)N3C(=O)OC(C)(C)C)c(F)c2)CC1. The number of piperidine rings is 1. The first-order valence-electron chi connectivity index (χ1n) is 13.0. The van der Waals surface area contributed by atoms with E-state index in [1.54, 1.807) is 31.7 Å². The molecule has 3 aliphatic rings. The van der Waals surface area contributed by atoms with Gasteiger partial charge >= 0.3 is 6.09 Å². The molecule has 196 valence electrons. The summed E-state index contributed by atoms with van der Waals surface area (Å²) in [6.07, 6.45) is 3.05. The maximum Gasteiger partial charge on any atom is 0.411 e. The Balaban J connectivity index is 1.41. The maximum atomic E-state index is 15.0. The zero-order chi connectivity index (χ0) is 26.0. The van der Waals surface area contributed by atoms with Crippen molar-refractivity contribution in [3.63, 3.8) is 0 Å². The van der Waals surface area contributed by atoms with E-state index >= 15 is 4.39 Å². The Morgan fingerprint density at radius 3 is 2.69 bits per heavy atom. The number of amides is 2. The number of anilines is 1. The standard InChI is InChI=1S/C27H38FN5O3/c1-27(2,3)36-26(35)33-22-9-7-19(15-22)24(33)25(34)30-20(17-29)14-18-6-8-21(16-23(18)28)32-11-5-10-31(4)12-13-32/h6,8,16,19-20,22,24H,5,7,9-15H2,1-4H3,(H,30,34). The number of nitrogens with zero attached hydrogens (tertiary/aromatic N) is 4. The number of fused-ring (bicyclic) bond motifs is 2. The fourth-order valence-electron chi connectivity index (χ4n) is 5.71. The predicted octanol–water partition coefficient (Wildman–Crippen LogP) is 3.31. The van der Waals surface area contributed by atoms with Crippen LogP contribution in [0.2, 0.25) is 0 Å². The van der Waals surface area contributed by atoms with Crippen molar-refractivity contribution in [2.24, 2.45) is 5.92 Å². The van der Waals surface area contributed by atoms with E-state index in [1.807, 2.05) is 6.07 Å². The molecule has 36 heavy (non-hydrogen) atoms. The van der Waals surface area contributed by atoms with Crippen LogP contribution < -0.4 is 10.2 Å². The highest BCUT2D eigenvalue weighted by atomic mass is 19.1. The summed E-state index contributed by atoms with van der Waals surface area (Å²) < 4.78 is 20.6. The van der Waals surface area contributed by atoms with Crippen LogP contribution in [-0.2, 0) is 16.0 Å². The van der Waals surface area contributed by atoms with Gasteiger partial charge in [0.25, 0.3) is 0 Å². The van der Waals surface area contributed by atoms with Crippen LogP contribution in [0.3, 0.4) is 0 Å². The molecular weight excluding hydrogens is 461 g/mol. The van der Waals surface area contributed by atoms with Crippen molar-refractivity contribution < 1.29 is 18.7 Å². The van der Waals surface area contributed by atoms with Crippen LogP contribution in [0.1, 0.15) is 52.0 Å². The Bertz CT molecular complexity index is 1020. The molecular formula is C27H38FN5O3. The third-order valence-corrected chi connectivity index (χ3v) is 7.48. The van der Waals surface area contributed by atoms with Gasteiger partial charge in [0.15, 0.2) is 0 Å². The Hall–Kier alpha value is -2.86. The number of nitriles is 1. The van der Waals surface area contributed by atoms with Crippen molar-refractivity contribution in [1.82, 2.24) is 15.1 Å². The molecule has 8 nitrogen and oxygen atoms in total. The summed E-state index contributed by atoms with van der Waals surface area (Å²) in [6.45, 7) is 9.05. The molecule has 2 bridgehead atoms. The second-order valence-corrected chi connectivity index (χ2v) is 11.4. The third kappa shape index (κ3) is 5.92. The second-order valence-electron chi connectivity index (χ2n) is 11.4. The van der Waals surface area contributed by atoms with Gasteiger partial charge in [-0.1, -0.05) is 6.07 Å². The van der Waals surface area contributed by atoms with Gasteiger partial charge in [-0.2, -0.15) is 5.26 Å². The minimum Gasteiger partial charge on any atom is -0.444 e. The molecule has 4 atom stereocenters. The van der Waals surface area contributed by atoms with Crippen LogP contribution in [0.5, 0.6) is 0 Å². The number of carbonyl (C=O) groups is 2. The van der Waals surface area contributed by atoms with Crippen LogP contribution in [0.15, 0.2) is 18.2 Å². The molecule has 1 aromatic rings. The van der Waals surface area contributed by atoms with Gasteiger partial charge in [0.05, 0.1) is 6.07 Å². The highest BCUT2D eigenvalue weighted by Gasteiger charge is 2.52. The smallest absolute Gasteiger partial charge is 0.411 e. The highest BCUT2D eigenvalue weighted by molar-refractivity contribution is 5.87. The van der Waals surface area contributed by atoms with E-state index in [0.29, 0.717) is 5.56 Å². The molecule has 2 amide bonds. The maximum absolute atomic E-state index is 15.0. The molecule has 0 radical (unpaired) electrons. The summed E-state index contributed by atoms with van der Waals surface area (Å²) in [5.41, 5.74) is 0.552. The monoisotopic (exact) mass is 499 g/mol. The van der Waals surface area contributed by atoms with Crippen molar-refractivity contribution in [1.29, 1.82) is 5.26 Å². The van der Waals surface area contributed by atoms with Gasteiger partial charge in [0, 0.05) is 37.8 Å². The average molecular weight is 500 g/mol. The third-order valence-electron chi connectivity index (χ3n) is 7.48. The number of ether oxygens (including phenoxy) is 1. The predicted molar refractivity (Wildman–Crippen MR) is 135 cm³/mol. The normalized spacial score (nSPS) is 25.3. The molecule has 3 fully saturated rings. The molecule has 2 saturated heterocycles. The van der Waals surface area contributed by atoms with Gasteiger partial charge in [0.1, 0.15) is 23.5 Å². The van der Waals surface area contributed by atoms with E-state index in [4.69, 9.17) is 4.74 Å². The Kier molecular flexibility index (Phi) is 7.74. The average Bonchev–Trinajstić information content (AvgIpc) is 3.36. The number of likely N-dealkylation sites (N-methyl/N-ethyl adjacent to an activating group) is 1. The molecule has 0 aromatic heterocycles. The number of carbonyl (C=O) groups excluding carboxylic acids is 2. The number of hydrogen-bond donors (Lipinski definition) is 1. The van der Waals surface area contributed by atoms with Crippen LogP contribution in [0.25, 0.3) is 0 Å². The zero-order valence-corrected chi connectivity index (χ0v) is 21.8. The highest BCUT2D eigenvalue weighted by Crippen LogP contribution is 2.43. The van der Waals surface area contributed by atoms with E-state index < -0.39 is 23.8 Å². The van der Waals surface area contributed by atoms with Crippen LogP contribution in [-0.4, -0.2) is 78.8 Å². The van der Waals surface area contributed by atoms with Gasteiger partial charge in [-0.15, -0.1) is 0 Å². The summed E-state index contributed by atoms with van der Waals surface area (Å²) in [5.74, 6) is -0.703.